The van der Waals surface area contributed by atoms with Gasteiger partial charge in [0.15, 0.2) is 5.12 Å². The fourth-order valence-electron chi connectivity index (χ4n) is 9.35. The van der Waals surface area contributed by atoms with E-state index in [0.29, 0.717) is 27.6 Å². The minimum absolute atomic E-state index is 0.420. The Hall–Kier alpha value is 0.0200. The lowest BCUT2D eigenvalue weighted by Gasteiger charge is -2.61. The van der Waals surface area contributed by atoms with Gasteiger partial charge in [0.25, 0.3) is 0 Å². The minimum Gasteiger partial charge on any atom is -0.287 e. The van der Waals surface area contributed by atoms with E-state index < -0.39 is 0 Å². The van der Waals surface area contributed by atoms with Crippen molar-refractivity contribution in [1.29, 1.82) is 0 Å². The smallest absolute Gasteiger partial charge is 0.188 e. The molecule has 0 N–H and O–H groups in total. The molecule has 0 amide bonds. The van der Waals surface area contributed by atoms with Gasteiger partial charge in [-0.3, -0.25) is 4.79 Å². The molecule has 4 saturated carbocycles. The van der Waals surface area contributed by atoms with Gasteiger partial charge in [0.05, 0.1) is 0 Å². The zero-order valence-electron chi connectivity index (χ0n) is 21.8. The Labute approximate surface area is 204 Å². The molecule has 0 saturated heterocycles. The third kappa shape index (κ3) is 4.87. The Morgan fingerprint density at radius 3 is 2.31 bits per heavy atom. The predicted octanol–water partition coefficient (Wildman–Crippen LogP) is 9.43. The highest BCUT2D eigenvalue weighted by atomic mass is 32.2. The molecule has 32 heavy (non-hydrogen) atoms. The van der Waals surface area contributed by atoms with E-state index in [0.717, 1.165) is 29.6 Å². The Bertz CT molecular complexity index is 630. The van der Waals surface area contributed by atoms with Crippen molar-refractivity contribution < 1.29 is 4.79 Å². The first-order valence-corrected chi connectivity index (χ1v) is 15.5. The Morgan fingerprint density at radius 1 is 0.812 bits per heavy atom. The third-order valence-electron chi connectivity index (χ3n) is 11.3. The van der Waals surface area contributed by atoms with Gasteiger partial charge in [0, 0.05) is 11.7 Å². The van der Waals surface area contributed by atoms with Crippen LogP contribution in [0.15, 0.2) is 0 Å². The summed E-state index contributed by atoms with van der Waals surface area (Å²) in [5.41, 5.74) is 1.21. The average molecular weight is 461 g/mol. The number of fused-ring (bicyclic) bond motifs is 5. The van der Waals surface area contributed by atoms with E-state index in [2.05, 4.69) is 20.8 Å². The van der Waals surface area contributed by atoms with Crippen LogP contribution in [-0.2, 0) is 4.79 Å². The molecule has 0 spiro atoms. The molecule has 0 unspecified atom stereocenters. The molecule has 2 heteroatoms. The van der Waals surface area contributed by atoms with Crippen molar-refractivity contribution in [2.45, 2.75) is 142 Å². The van der Waals surface area contributed by atoms with E-state index in [4.69, 9.17) is 0 Å². The summed E-state index contributed by atoms with van der Waals surface area (Å²) >= 11 is 1.69. The van der Waals surface area contributed by atoms with Gasteiger partial charge in [-0.15, -0.1) is 0 Å². The maximum atomic E-state index is 12.0. The third-order valence-corrected chi connectivity index (χ3v) is 12.6. The van der Waals surface area contributed by atoms with Gasteiger partial charge in [-0.1, -0.05) is 78.0 Å². The van der Waals surface area contributed by atoms with Gasteiger partial charge < -0.3 is 0 Å². The SMILES string of the molecule is CCCCCCCC[C@H]1CC[C@H]2[C@H]3CC[C@H]4C[C@@H](SC(=O)CC)CC[C@]4(C)[C@@H]3CC[C@]12C. The van der Waals surface area contributed by atoms with Gasteiger partial charge in [0.2, 0.25) is 0 Å². The highest BCUT2D eigenvalue weighted by molar-refractivity contribution is 8.14. The number of hydrogen-bond acceptors (Lipinski definition) is 2. The lowest BCUT2D eigenvalue weighted by Crippen LogP contribution is -2.53. The van der Waals surface area contributed by atoms with E-state index >= 15 is 0 Å². The summed E-state index contributed by atoms with van der Waals surface area (Å²) in [5.74, 6) is 4.88. The molecule has 0 aromatic rings. The second-order valence-electron chi connectivity index (χ2n) is 12.8. The van der Waals surface area contributed by atoms with Crippen LogP contribution >= 0.6 is 11.8 Å². The Morgan fingerprint density at radius 2 is 1.53 bits per heavy atom. The zero-order chi connectivity index (χ0) is 22.8. The number of carbonyl (C=O) groups is 1. The molecule has 0 aromatic heterocycles. The molecule has 8 atom stereocenters. The van der Waals surface area contributed by atoms with Crippen LogP contribution in [0, 0.1) is 40.4 Å². The second kappa shape index (κ2) is 10.7. The van der Waals surface area contributed by atoms with E-state index in [1.54, 1.807) is 11.8 Å². The molecular formula is C30H52OS. The molecule has 4 aliphatic rings. The van der Waals surface area contributed by atoms with Crippen LogP contribution in [0.1, 0.15) is 137 Å². The predicted molar refractivity (Wildman–Crippen MR) is 140 cm³/mol. The Kier molecular flexibility index (Phi) is 8.43. The zero-order valence-corrected chi connectivity index (χ0v) is 22.6. The lowest BCUT2D eigenvalue weighted by atomic mass is 9.45. The van der Waals surface area contributed by atoms with Crippen molar-refractivity contribution in [2.24, 2.45) is 40.4 Å². The highest BCUT2D eigenvalue weighted by Crippen LogP contribution is 2.68. The summed E-state index contributed by atoms with van der Waals surface area (Å²) in [6.07, 6.45) is 23.9. The summed E-state index contributed by atoms with van der Waals surface area (Å²) in [5, 5.41) is 1.03. The van der Waals surface area contributed by atoms with Crippen LogP contribution in [0.4, 0.5) is 0 Å². The average Bonchev–Trinajstić information content (AvgIpc) is 3.12. The fourth-order valence-corrected chi connectivity index (χ4v) is 10.5. The molecule has 4 rings (SSSR count). The number of unbranched alkanes of at least 4 members (excludes halogenated alkanes) is 5. The summed E-state index contributed by atoms with van der Waals surface area (Å²) in [4.78, 5) is 12.0. The van der Waals surface area contributed by atoms with Crippen LogP contribution in [-0.4, -0.2) is 10.4 Å². The van der Waals surface area contributed by atoms with Gasteiger partial charge in [-0.25, -0.2) is 0 Å². The monoisotopic (exact) mass is 460 g/mol. The lowest BCUT2D eigenvalue weighted by molar-refractivity contribution is -0.112. The summed E-state index contributed by atoms with van der Waals surface area (Å²) < 4.78 is 0. The van der Waals surface area contributed by atoms with Gasteiger partial charge in [-0.05, 0) is 105 Å². The first-order chi connectivity index (χ1) is 15.4. The van der Waals surface area contributed by atoms with Crippen LogP contribution in [0.3, 0.4) is 0 Å². The normalized spacial score (nSPS) is 43.4. The van der Waals surface area contributed by atoms with Crippen molar-refractivity contribution >= 4 is 16.9 Å². The topological polar surface area (TPSA) is 17.1 Å². The van der Waals surface area contributed by atoms with Crippen molar-refractivity contribution in [3.63, 3.8) is 0 Å². The summed E-state index contributed by atoms with van der Waals surface area (Å²) in [6, 6.07) is 0. The molecule has 1 nitrogen and oxygen atoms in total. The van der Waals surface area contributed by atoms with Crippen LogP contribution in [0.5, 0.6) is 0 Å². The second-order valence-corrected chi connectivity index (χ2v) is 14.1. The van der Waals surface area contributed by atoms with Crippen LogP contribution in [0.2, 0.25) is 0 Å². The van der Waals surface area contributed by atoms with E-state index in [-0.39, 0.29) is 0 Å². The fraction of sp³-hybridized carbons (Fsp3) is 0.967. The molecule has 184 valence electrons. The summed E-state index contributed by atoms with van der Waals surface area (Å²) in [7, 11) is 0. The molecule has 0 heterocycles. The minimum atomic E-state index is 0.420. The van der Waals surface area contributed by atoms with E-state index in [1.807, 2.05) is 6.92 Å². The van der Waals surface area contributed by atoms with E-state index in [1.165, 1.54) is 103 Å². The molecular weight excluding hydrogens is 408 g/mol. The largest absolute Gasteiger partial charge is 0.287 e. The maximum absolute atomic E-state index is 12.0. The number of hydrogen-bond donors (Lipinski definition) is 0. The van der Waals surface area contributed by atoms with Crippen molar-refractivity contribution in [3.8, 4) is 0 Å². The van der Waals surface area contributed by atoms with Crippen molar-refractivity contribution in [1.82, 2.24) is 0 Å². The van der Waals surface area contributed by atoms with Crippen LogP contribution < -0.4 is 0 Å². The molecule has 4 fully saturated rings. The van der Waals surface area contributed by atoms with E-state index in [9.17, 15) is 4.79 Å². The first-order valence-electron chi connectivity index (χ1n) is 14.6. The molecule has 0 radical (unpaired) electrons. The number of rotatable bonds is 9. The molecule has 4 aliphatic carbocycles. The van der Waals surface area contributed by atoms with Crippen molar-refractivity contribution in [3.05, 3.63) is 0 Å². The highest BCUT2D eigenvalue weighted by Gasteiger charge is 2.59. The number of thioether (sulfide) groups is 1. The van der Waals surface area contributed by atoms with Gasteiger partial charge in [0.1, 0.15) is 0 Å². The Balaban J connectivity index is 1.35. The van der Waals surface area contributed by atoms with Gasteiger partial charge in [-0.2, -0.15) is 0 Å². The van der Waals surface area contributed by atoms with Gasteiger partial charge >= 0.3 is 0 Å². The molecule has 0 aromatic carbocycles. The first kappa shape index (κ1) is 25.1. The maximum Gasteiger partial charge on any atom is 0.188 e. The standard InChI is InChI=1S/C30H52OS/c1-5-7-8-9-10-11-12-22-14-16-26-25-15-13-23-21-24(32-28(31)6-2)17-19-30(23,4)27(25)18-20-29(22,26)3/h22-27H,5-21H2,1-4H3/t22-,23-,24-,25+,26-,27+,29+,30-/m0/s1. The molecule has 0 bridgehead atoms. The van der Waals surface area contributed by atoms with Crippen LogP contribution in [0.25, 0.3) is 0 Å². The van der Waals surface area contributed by atoms with Crippen molar-refractivity contribution in [2.75, 3.05) is 0 Å². The summed E-state index contributed by atoms with van der Waals surface area (Å²) in [6.45, 7) is 9.75. The quantitative estimate of drug-likeness (QED) is 0.319. The molecule has 0 aliphatic heterocycles. The number of carbonyl (C=O) groups excluding carboxylic acids is 1.